The van der Waals surface area contributed by atoms with Crippen LogP contribution in [0, 0.1) is 5.92 Å². The van der Waals surface area contributed by atoms with Gasteiger partial charge in [0, 0.05) is 31.4 Å². The van der Waals surface area contributed by atoms with E-state index in [9.17, 15) is 0 Å². The number of aliphatic imine (C=N–C) groups is 1. The van der Waals surface area contributed by atoms with Crippen LogP contribution in [0.15, 0.2) is 47.6 Å². The van der Waals surface area contributed by atoms with Gasteiger partial charge in [-0.2, -0.15) is 0 Å². The molecule has 1 aromatic carbocycles. The van der Waals surface area contributed by atoms with Gasteiger partial charge in [-0.25, -0.2) is 9.98 Å². The molecular formula is C20H26N4O2. The van der Waals surface area contributed by atoms with Crippen molar-refractivity contribution in [3.8, 4) is 17.4 Å². The maximum Gasteiger partial charge on any atom is 0.219 e. The van der Waals surface area contributed by atoms with Crippen molar-refractivity contribution < 1.29 is 9.47 Å². The van der Waals surface area contributed by atoms with Gasteiger partial charge in [0.15, 0.2) is 5.96 Å². The van der Waals surface area contributed by atoms with E-state index in [1.54, 1.807) is 13.3 Å². The molecule has 6 nitrogen and oxygen atoms in total. The minimum absolute atomic E-state index is 0.518. The van der Waals surface area contributed by atoms with Gasteiger partial charge in [-0.05, 0) is 36.5 Å². The highest BCUT2D eigenvalue weighted by Crippen LogP contribution is 2.24. The molecule has 26 heavy (non-hydrogen) atoms. The zero-order valence-corrected chi connectivity index (χ0v) is 15.4. The Morgan fingerprint density at radius 1 is 1.23 bits per heavy atom. The maximum atomic E-state index is 6.12. The van der Waals surface area contributed by atoms with Gasteiger partial charge in [0.2, 0.25) is 5.88 Å². The second-order valence-electron chi connectivity index (χ2n) is 6.63. The van der Waals surface area contributed by atoms with E-state index in [0.29, 0.717) is 24.1 Å². The molecule has 138 valence electrons. The Balaban J connectivity index is 1.56. The van der Waals surface area contributed by atoms with Gasteiger partial charge >= 0.3 is 0 Å². The summed E-state index contributed by atoms with van der Waals surface area (Å²) in [6.45, 7) is 4.78. The molecule has 6 heteroatoms. The van der Waals surface area contributed by atoms with Crippen LogP contribution in [0.3, 0.4) is 0 Å². The topological polar surface area (TPSA) is 73.0 Å². The molecule has 0 unspecified atom stereocenters. The number of nitrogens with two attached hydrogens (primary N) is 1. The first-order chi connectivity index (χ1) is 12.6. The maximum absolute atomic E-state index is 6.12. The molecule has 1 saturated heterocycles. The molecule has 3 rings (SSSR count). The molecule has 0 aliphatic carbocycles. The number of hydrogen-bond acceptors (Lipinski definition) is 4. The van der Waals surface area contributed by atoms with Crippen LogP contribution in [0.5, 0.6) is 17.4 Å². The molecule has 0 atom stereocenters. The van der Waals surface area contributed by atoms with E-state index in [0.717, 1.165) is 30.3 Å². The summed E-state index contributed by atoms with van der Waals surface area (Å²) in [6, 6.07) is 11.2. The zero-order chi connectivity index (χ0) is 18.4. The van der Waals surface area contributed by atoms with Crippen molar-refractivity contribution in [1.82, 2.24) is 9.88 Å². The normalized spacial score (nSPS) is 15.8. The van der Waals surface area contributed by atoms with Gasteiger partial charge in [-0.15, -0.1) is 0 Å². The third-order valence-corrected chi connectivity index (χ3v) is 4.59. The summed E-state index contributed by atoms with van der Waals surface area (Å²) < 4.78 is 10.9. The van der Waals surface area contributed by atoms with Gasteiger partial charge in [0.1, 0.15) is 11.5 Å². The second-order valence-corrected chi connectivity index (χ2v) is 6.63. The number of methoxy groups -OCH3 is 1. The highest BCUT2D eigenvalue weighted by molar-refractivity contribution is 5.78. The van der Waals surface area contributed by atoms with Gasteiger partial charge in [-0.3, -0.25) is 0 Å². The molecule has 0 saturated carbocycles. The van der Waals surface area contributed by atoms with Crippen molar-refractivity contribution in [2.75, 3.05) is 20.2 Å². The summed E-state index contributed by atoms with van der Waals surface area (Å²) >= 11 is 0. The van der Waals surface area contributed by atoms with E-state index in [-0.39, 0.29) is 0 Å². The van der Waals surface area contributed by atoms with E-state index >= 15 is 0 Å². The first-order valence-electron chi connectivity index (χ1n) is 8.96. The summed E-state index contributed by atoms with van der Waals surface area (Å²) in [5, 5.41) is 0. The number of benzene rings is 1. The predicted molar refractivity (Wildman–Crippen MR) is 103 cm³/mol. The van der Waals surface area contributed by atoms with Crippen LogP contribution < -0.4 is 15.2 Å². The molecule has 0 amide bonds. The first kappa shape index (κ1) is 18.0. The van der Waals surface area contributed by atoms with Crippen molar-refractivity contribution in [2.24, 2.45) is 16.6 Å². The molecule has 2 N–H and O–H groups in total. The number of piperidine rings is 1. The molecule has 0 bridgehead atoms. The monoisotopic (exact) mass is 354 g/mol. The van der Waals surface area contributed by atoms with Crippen molar-refractivity contribution >= 4 is 5.96 Å². The minimum atomic E-state index is 0.518. The van der Waals surface area contributed by atoms with Crippen molar-refractivity contribution in [3.63, 3.8) is 0 Å². The molecule has 1 aromatic heterocycles. The number of pyridine rings is 1. The van der Waals surface area contributed by atoms with E-state index < -0.39 is 0 Å². The van der Waals surface area contributed by atoms with Crippen LogP contribution in [0.25, 0.3) is 0 Å². The number of rotatable bonds is 5. The van der Waals surface area contributed by atoms with Crippen LogP contribution in [0.1, 0.15) is 25.3 Å². The highest BCUT2D eigenvalue weighted by Gasteiger charge is 2.16. The fourth-order valence-corrected chi connectivity index (χ4v) is 2.86. The van der Waals surface area contributed by atoms with E-state index in [1.165, 1.54) is 12.8 Å². The summed E-state index contributed by atoms with van der Waals surface area (Å²) in [4.78, 5) is 11.0. The predicted octanol–water partition coefficient (Wildman–Crippen LogP) is 3.43. The SMILES string of the molecule is COc1cccc(Oc2ccc(CN=C(N)N3CCC(C)CC3)cn2)c1. The highest BCUT2D eigenvalue weighted by atomic mass is 16.5. The largest absolute Gasteiger partial charge is 0.497 e. The lowest BCUT2D eigenvalue weighted by Crippen LogP contribution is -2.42. The number of likely N-dealkylation sites (tertiary alicyclic amines) is 1. The molecule has 0 spiro atoms. The van der Waals surface area contributed by atoms with Crippen molar-refractivity contribution in [1.29, 1.82) is 0 Å². The fourth-order valence-electron chi connectivity index (χ4n) is 2.86. The van der Waals surface area contributed by atoms with Crippen LogP contribution in [-0.4, -0.2) is 36.0 Å². The number of guanidine groups is 1. The number of aromatic nitrogens is 1. The van der Waals surface area contributed by atoms with Crippen LogP contribution in [-0.2, 0) is 6.54 Å². The van der Waals surface area contributed by atoms with Crippen molar-refractivity contribution in [2.45, 2.75) is 26.3 Å². The Kier molecular flexibility index (Phi) is 5.94. The Bertz CT molecular complexity index is 738. The first-order valence-corrected chi connectivity index (χ1v) is 8.96. The lowest BCUT2D eigenvalue weighted by Gasteiger charge is -2.31. The molecule has 0 radical (unpaired) electrons. The summed E-state index contributed by atoms with van der Waals surface area (Å²) in [5.74, 6) is 3.36. The standard InChI is InChI=1S/C20H26N4O2/c1-15-8-10-24(11-9-15)20(21)23-14-16-6-7-19(22-13-16)26-18-5-3-4-17(12-18)25-2/h3-7,12-13,15H,8-11,14H2,1-2H3,(H2,21,23). The Hall–Kier alpha value is -2.76. The third-order valence-electron chi connectivity index (χ3n) is 4.59. The Labute approximate surface area is 154 Å². The molecule has 2 heterocycles. The summed E-state index contributed by atoms with van der Waals surface area (Å²) in [5.41, 5.74) is 7.12. The molecule has 1 aliphatic rings. The summed E-state index contributed by atoms with van der Waals surface area (Å²) in [7, 11) is 1.63. The van der Waals surface area contributed by atoms with Crippen LogP contribution >= 0.6 is 0 Å². The van der Waals surface area contributed by atoms with Gasteiger partial charge in [-0.1, -0.05) is 19.1 Å². The molecule has 2 aromatic rings. The number of hydrogen-bond donors (Lipinski definition) is 1. The zero-order valence-electron chi connectivity index (χ0n) is 15.4. The van der Waals surface area contributed by atoms with Gasteiger partial charge in [0.25, 0.3) is 0 Å². The number of ether oxygens (including phenoxy) is 2. The van der Waals surface area contributed by atoms with E-state index in [2.05, 4.69) is 21.8 Å². The van der Waals surface area contributed by atoms with Gasteiger partial charge in [0.05, 0.1) is 13.7 Å². The third kappa shape index (κ3) is 4.88. The molecular weight excluding hydrogens is 328 g/mol. The van der Waals surface area contributed by atoms with Gasteiger partial charge < -0.3 is 20.1 Å². The van der Waals surface area contributed by atoms with E-state index in [1.807, 2.05) is 36.4 Å². The van der Waals surface area contributed by atoms with Crippen LogP contribution in [0.4, 0.5) is 0 Å². The average molecular weight is 354 g/mol. The smallest absolute Gasteiger partial charge is 0.219 e. The van der Waals surface area contributed by atoms with E-state index in [4.69, 9.17) is 15.2 Å². The lowest BCUT2D eigenvalue weighted by molar-refractivity contribution is 0.277. The number of nitrogens with zero attached hydrogens (tertiary/aromatic N) is 3. The average Bonchev–Trinajstić information content (AvgIpc) is 2.68. The molecule has 1 aliphatic heterocycles. The van der Waals surface area contributed by atoms with Crippen LogP contribution in [0.2, 0.25) is 0 Å². The Morgan fingerprint density at radius 2 is 2.00 bits per heavy atom. The Morgan fingerprint density at radius 3 is 2.69 bits per heavy atom. The van der Waals surface area contributed by atoms with Crippen molar-refractivity contribution in [3.05, 3.63) is 48.2 Å². The summed E-state index contributed by atoms with van der Waals surface area (Å²) in [6.07, 6.45) is 4.12. The minimum Gasteiger partial charge on any atom is -0.497 e. The lowest BCUT2D eigenvalue weighted by atomic mass is 10.00. The second kappa shape index (κ2) is 8.56. The fraction of sp³-hybridized carbons (Fsp3) is 0.400. The molecule has 1 fully saturated rings. The quantitative estimate of drug-likeness (QED) is 0.658.